The first-order valence-electron chi connectivity index (χ1n) is 5.49. The van der Waals surface area contributed by atoms with E-state index < -0.39 is 9.84 Å². The van der Waals surface area contributed by atoms with Crippen molar-refractivity contribution in [2.45, 2.75) is 4.90 Å². The van der Waals surface area contributed by atoms with E-state index >= 15 is 0 Å². The topological polar surface area (TPSA) is 72.2 Å². The number of nitrogens with one attached hydrogen (secondary N) is 1. The van der Waals surface area contributed by atoms with Crippen LogP contribution in [0.3, 0.4) is 0 Å². The molecule has 0 unspecified atom stereocenters. The maximum Gasteiger partial charge on any atom is 0.177 e. The highest BCUT2D eigenvalue weighted by atomic mass is 79.9. The number of rotatable bonds is 3. The van der Waals surface area contributed by atoms with E-state index in [4.69, 9.17) is 5.73 Å². The van der Waals surface area contributed by atoms with Crippen LogP contribution in [-0.4, -0.2) is 14.7 Å². The van der Waals surface area contributed by atoms with Crippen LogP contribution in [0.25, 0.3) is 0 Å². The summed E-state index contributed by atoms with van der Waals surface area (Å²) in [6.07, 6.45) is 1.14. The van der Waals surface area contributed by atoms with Crippen molar-refractivity contribution < 1.29 is 8.42 Å². The van der Waals surface area contributed by atoms with Crippen molar-refractivity contribution in [3.05, 3.63) is 46.9 Å². The summed E-state index contributed by atoms with van der Waals surface area (Å²) in [7, 11) is -3.33. The fourth-order valence-electron chi connectivity index (χ4n) is 1.70. The van der Waals surface area contributed by atoms with Gasteiger partial charge in [-0.15, -0.1) is 0 Å². The molecular formula is C13H13BrN2O2S. The van der Waals surface area contributed by atoms with Crippen molar-refractivity contribution in [3.8, 4) is 0 Å². The molecule has 0 radical (unpaired) electrons. The molecule has 6 heteroatoms. The average molecular weight is 341 g/mol. The largest absolute Gasteiger partial charge is 0.396 e. The number of para-hydroxylation sites is 1. The fourth-order valence-corrected chi connectivity index (χ4v) is 2.93. The van der Waals surface area contributed by atoms with Crippen molar-refractivity contribution in [2.75, 3.05) is 17.3 Å². The van der Waals surface area contributed by atoms with Gasteiger partial charge in [-0.2, -0.15) is 0 Å². The Balaban J connectivity index is 2.42. The molecular weight excluding hydrogens is 328 g/mol. The number of nitrogen functional groups attached to an aromatic ring is 1. The number of hydrogen-bond acceptors (Lipinski definition) is 4. The minimum atomic E-state index is -3.33. The minimum Gasteiger partial charge on any atom is -0.396 e. The van der Waals surface area contributed by atoms with Crippen LogP contribution in [0.2, 0.25) is 0 Å². The zero-order chi connectivity index (χ0) is 14.0. The summed E-state index contributed by atoms with van der Waals surface area (Å²) in [5.74, 6) is 0. The molecule has 19 heavy (non-hydrogen) atoms. The molecule has 0 spiro atoms. The highest BCUT2D eigenvalue weighted by Crippen LogP contribution is 2.29. The quantitative estimate of drug-likeness (QED) is 0.841. The van der Waals surface area contributed by atoms with E-state index in [2.05, 4.69) is 21.2 Å². The zero-order valence-electron chi connectivity index (χ0n) is 10.2. The predicted octanol–water partition coefficient (Wildman–Crippen LogP) is 3.18. The number of halogens is 1. The van der Waals surface area contributed by atoms with E-state index in [0.29, 0.717) is 5.69 Å². The third-order valence-electron chi connectivity index (χ3n) is 2.57. The molecule has 100 valence electrons. The molecule has 0 amide bonds. The Labute approximate surface area is 120 Å². The maximum absolute atomic E-state index is 11.6. The second-order valence-electron chi connectivity index (χ2n) is 4.12. The maximum atomic E-state index is 11.6. The lowest BCUT2D eigenvalue weighted by Gasteiger charge is -2.12. The van der Waals surface area contributed by atoms with Crippen molar-refractivity contribution in [3.63, 3.8) is 0 Å². The molecule has 2 aromatic carbocycles. The molecule has 0 aliphatic carbocycles. The smallest absolute Gasteiger partial charge is 0.177 e. The van der Waals surface area contributed by atoms with Crippen LogP contribution in [0.1, 0.15) is 0 Å². The van der Waals surface area contributed by atoms with Crippen LogP contribution in [0.5, 0.6) is 0 Å². The van der Waals surface area contributed by atoms with Gasteiger partial charge in [0.25, 0.3) is 0 Å². The average Bonchev–Trinajstić information content (AvgIpc) is 2.30. The van der Waals surface area contributed by atoms with Gasteiger partial charge in [0.2, 0.25) is 0 Å². The van der Waals surface area contributed by atoms with E-state index in [1.807, 2.05) is 24.3 Å². The van der Waals surface area contributed by atoms with E-state index in [9.17, 15) is 8.42 Å². The fraction of sp³-hybridized carbons (Fsp3) is 0.0769. The van der Waals surface area contributed by atoms with Gasteiger partial charge in [0.15, 0.2) is 9.84 Å². The Morgan fingerprint density at radius 1 is 1.16 bits per heavy atom. The van der Waals surface area contributed by atoms with Gasteiger partial charge in [-0.1, -0.05) is 28.1 Å². The lowest BCUT2D eigenvalue weighted by atomic mass is 10.2. The second kappa shape index (κ2) is 5.22. The summed E-state index contributed by atoms with van der Waals surface area (Å²) in [6, 6.07) is 12.4. The molecule has 4 nitrogen and oxygen atoms in total. The van der Waals surface area contributed by atoms with Crippen LogP contribution in [-0.2, 0) is 9.84 Å². The summed E-state index contributed by atoms with van der Waals surface area (Å²) in [6.45, 7) is 0. The standard InChI is InChI=1S/C13H13BrN2O2S/c1-19(17,18)12-7-3-6-11(13(12)15)16-10-5-2-4-9(14)8-10/h2-8,16H,15H2,1H3. The Morgan fingerprint density at radius 2 is 1.84 bits per heavy atom. The van der Waals surface area contributed by atoms with Crippen LogP contribution in [0, 0.1) is 0 Å². The van der Waals surface area contributed by atoms with Gasteiger partial charge >= 0.3 is 0 Å². The van der Waals surface area contributed by atoms with Gasteiger partial charge < -0.3 is 11.1 Å². The first-order valence-corrected chi connectivity index (χ1v) is 8.17. The third-order valence-corrected chi connectivity index (χ3v) is 4.22. The molecule has 0 heterocycles. The SMILES string of the molecule is CS(=O)(=O)c1cccc(Nc2cccc(Br)c2)c1N. The number of sulfone groups is 1. The molecule has 0 aliphatic rings. The molecule has 0 aromatic heterocycles. The molecule has 0 saturated carbocycles. The minimum absolute atomic E-state index is 0.132. The van der Waals surface area contributed by atoms with E-state index in [0.717, 1.165) is 16.4 Å². The van der Waals surface area contributed by atoms with Crippen LogP contribution < -0.4 is 11.1 Å². The molecule has 2 aromatic rings. The van der Waals surface area contributed by atoms with Crippen LogP contribution >= 0.6 is 15.9 Å². The van der Waals surface area contributed by atoms with Crippen molar-refractivity contribution >= 4 is 42.8 Å². The lowest BCUT2D eigenvalue weighted by molar-refractivity contribution is 0.602. The predicted molar refractivity (Wildman–Crippen MR) is 81.4 cm³/mol. The van der Waals surface area contributed by atoms with Gasteiger partial charge in [-0.05, 0) is 30.3 Å². The summed E-state index contributed by atoms with van der Waals surface area (Å²) in [5, 5.41) is 3.11. The first kappa shape index (κ1) is 13.9. The van der Waals surface area contributed by atoms with E-state index in [-0.39, 0.29) is 10.6 Å². The van der Waals surface area contributed by atoms with Crippen molar-refractivity contribution in [2.24, 2.45) is 0 Å². The monoisotopic (exact) mass is 340 g/mol. The number of nitrogens with two attached hydrogens (primary N) is 1. The summed E-state index contributed by atoms with van der Waals surface area (Å²) in [4.78, 5) is 0.132. The zero-order valence-corrected chi connectivity index (χ0v) is 12.6. The molecule has 0 fully saturated rings. The Morgan fingerprint density at radius 3 is 2.47 bits per heavy atom. The van der Waals surface area contributed by atoms with E-state index in [1.54, 1.807) is 12.1 Å². The summed E-state index contributed by atoms with van der Waals surface area (Å²) < 4.78 is 24.1. The molecule has 2 rings (SSSR count). The number of anilines is 3. The number of hydrogen-bond donors (Lipinski definition) is 2. The summed E-state index contributed by atoms with van der Waals surface area (Å²) in [5.41, 5.74) is 7.52. The molecule has 0 aliphatic heterocycles. The van der Waals surface area contributed by atoms with Gasteiger partial charge in [-0.3, -0.25) is 0 Å². The van der Waals surface area contributed by atoms with Crippen molar-refractivity contribution in [1.82, 2.24) is 0 Å². The van der Waals surface area contributed by atoms with Gasteiger partial charge in [0.05, 0.1) is 16.3 Å². The van der Waals surface area contributed by atoms with Crippen LogP contribution in [0.15, 0.2) is 51.8 Å². The Kier molecular flexibility index (Phi) is 3.82. The molecule has 3 N–H and O–H groups in total. The Bertz CT molecular complexity index is 714. The molecule has 0 saturated heterocycles. The number of benzene rings is 2. The Hall–Kier alpha value is -1.53. The molecule has 0 bridgehead atoms. The van der Waals surface area contributed by atoms with E-state index in [1.165, 1.54) is 6.07 Å². The highest BCUT2D eigenvalue weighted by Gasteiger charge is 2.14. The van der Waals surface area contributed by atoms with Gasteiger partial charge in [-0.25, -0.2) is 8.42 Å². The summed E-state index contributed by atoms with van der Waals surface area (Å²) >= 11 is 3.37. The third kappa shape index (κ3) is 3.27. The first-order chi connectivity index (χ1) is 8.88. The van der Waals surface area contributed by atoms with Crippen LogP contribution in [0.4, 0.5) is 17.1 Å². The van der Waals surface area contributed by atoms with Crippen molar-refractivity contribution in [1.29, 1.82) is 0 Å². The van der Waals surface area contributed by atoms with Gasteiger partial charge in [0.1, 0.15) is 0 Å². The molecule has 0 atom stereocenters. The normalized spacial score (nSPS) is 11.3. The van der Waals surface area contributed by atoms with Gasteiger partial charge in [0, 0.05) is 16.4 Å². The highest BCUT2D eigenvalue weighted by molar-refractivity contribution is 9.10. The lowest BCUT2D eigenvalue weighted by Crippen LogP contribution is -2.05. The second-order valence-corrected chi connectivity index (χ2v) is 7.02.